The van der Waals surface area contributed by atoms with E-state index in [2.05, 4.69) is 10.6 Å². The average molecular weight is 228 g/mol. The largest absolute Gasteiger partial charge is 0.480 e. The van der Waals surface area contributed by atoms with Gasteiger partial charge in [0.15, 0.2) is 6.04 Å². The van der Waals surface area contributed by atoms with Gasteiger partial charge in [-0.1, -0.05) is 0 Å². The number of hydrogen-bond donors (Lipinski definition) is 4. The minimum Gasteiger partial charge on any atom is -0.480 e. The van der Waals surface area contributed by atoms with E-state index in [0.29, 0.717) is 18.7 Å². The van der Waals surface area contributed by atoms with Crippen LogP contribution in [0.15, 0.2) is 11.1 Å². The summed E-state index contributed by atoms with van der Waals surface area (Å²) in [6.07, 6.45) is -1.13. The Balaban J connectivity index is 2.65. The van der Waals surface area contributed by atoms with Crippen molar-refractivity contribution < 1.29 is 19.8 Å². The Morgan fingerprint density at radius 2 is 2.00 bits per heavy atom. The number of aliphatic hydroxyl groups is 1. The first-order valence-corrected chi connectivity index (χ1v) is 5.04. The highest BCUT2D eigenvalue weighted by molar-refractivity contribution is 5.96. The fourth-order valence-corrected chi connectivity index (χ4v) is 1.31. The molecule has 2 atom stereocenters. The zero-order valence-electron chi connectivity index (χ0n) is 9.28. The Labute approximate surface area is 93.3 Å². The third-order valence-corrected chi connectivity index (χ3v) is 2.58. The molecule has 16 heavy (non-hydrogen) atoms. The number of carbonyl (C=O) groups is 2. The van der Waals surface area contributed by atoms with E-state index in [1.165, 1.54) is 6.92 Å². The molecule has 1 rings (SSSR count). The summed E-state index contributed by atoms with van der Waals surface area (Å²) in [5, 5.41) is 23.3. The number of amides is 1. The zero-order chi connectivity index (χ0) is 12.3. The van der Waals surface area contributed by atoms with Gasteiger partial charge in [0, 0.05) is 18.7 Å². The second-order valence-corrected chi connectivity index (χ2v) is 3.86. The van der Waals surface area contributed by atoms with Crippen LogP contribution in [0, 0.1) is 0 Å². The molecule has 90 valence electrons. The molecule has 4 N–H and O–H groups in total. The van der Waals surface area contributed by atoms with Crippen LogP contribution in [-0.2, 0) is 9.59 Å². The van der Waals surface area contributed by atoms with Crippen LogP contribution in [0.2, 0.25) is 0 Å². The number of carbonyl (C=O) groups excluding carboxylic acids is 1. The van der Waals surface area contributed by atoms with E-state index in [9.17, 15) is 14.7 Å². The van der Waals surface area contributed by atoms with Crippen LogP contribution < -0.4 is 10.6 Å². The Bertz CT molecular complexity index is 330. The standard InChI is InChI=1S/C10H16N2O4/c1-5(7-3-11-4-7)9(14)12-8(6(2)13)10(15)16/h6,8,11,13H,3-4H2,1-2H3,(H,12,14)(H,15,16). The molecule has 2 unspecified atom stereocenters. The van der Waals surface area contributed by atoms with Crippen LogP contribution in [0.25, 0.3) is 0 Å². The number of rotatable bonds is 4. The summed E-state index contributed by atoms with van der Waals surface area (Å²) in [6.45, 7) is 4.29. The quantitative estimate of drug-likeness (QED) is 0.456. The monoisotopic (exact) mass is 228 g/mol. The molecule has 0 saturated carbocycles. The van der Waals surface area contributed by atoms with E-state index in [1.807, 2.05) is 0 Å². The van der Waals surface area contributed by atoms with E-state index in [4.69, 9.17) is 5.11 Å². The molecule has 1 fully saturated rings. The number of hydrogen-bond acceptors (Lipinski definition) is 4. The lowest BCUT2D eigenvalue weighted by molar-refractivity contribution is -0.144. The molecule has 1 aliphatic rings. The highest BCUT2D eigenvalue weighted by Crippen LogP contribution is 2.09. The minimum absolute atomic E-state index is 0.440. The van der Waals surface area contributed by atoms with Crippen molar-refractivity contribution in [1.29, 1.82) is 0 Å². The third kappa shape index (κ3) is 2.80. The maximum atomic E-state index is 11.6. The fraction of sp³-hybridized carbons (Fsp3) is 0.600. The fourth-order valence-electron chi connectivity index (χ4n) is 1.31. The highest BCUT2D eigenvalue weighted by atomic mass is 16.4. The minimum atomic E-state index is -1.27. The Morgan fingerprint density at radius 1 is 1.44 bits per heavy atom. The summed E-state index contributed by atoms with van der Waals surface area (Å²) in [6, 6.07) is -1.27. The molecule has 0 bridgehead atoms. The molecule has 1 saturated heterocycles. The van der Waals surface area contributed by atoms with Gasteiger partial charge in [0.25, 0.3) is 0 Å². The lowest BCUT2D eigenvalue weighted by atomic mass is 10.0. The van der Waals surface area contributed by atoms with Gasteiger partial charge in [0.2, 0.25) is 5.91 Å². The topological polar surface area (TPSA) is 98.7 Å². The predicted octanol–water partition coefficient (Wildman–Crippen LogP) is -1.14. The summed E-state index contributed by atoms with van der Waals surface area (Å²) in [5.41, 5.74) is 1.48. The number of aliphatic carboxylic acids is 1. The molecular weight excluding hydrogens is 212 g/mol. The van der Waals surface area contributed by atoms with Gasteiger partial charge in [-0.25, -0.2) is 4.79 Å². The molecular formula is C10H16N2O4. The number of aliphatic hydroxyl groups excluding tert-OH is 1. The van der Waals surface area contributed by atoms with Crippen LogP contribution >= 0.6 is 0 Å². The van der Waals surface area contributed by atoms with E-state index >= 15 is 0 Å². The smallest absolute Gasteiger partial charge is 0.328 e. The summed E-state index contributed by atoms with van der Waals surface area (Å²) in [4.78, 5) is 22.4. The van der Waals surface area contributed by atoms with Gasteiger partial charge in [-0.2, -0.15) is 0 Å². The Morgan fingerprint density at radius 3 is 2.31 bits per heavy atom. The maximum Gasteiger partial charge on any atom is 0.328 e. The molecule has 0 aromatic carbocycles. The van der Waals surface area contributed by atoms with Crippen molar-refractivity contribution in [3.63, 3.8) is 0 Å². The van der Waals surface area contributed by atoms with Gasteiger partial charge in [-0.05, 0) is 19.4 Å². The zero-order valence-corrected chi connectivity index (χ0v) is 9.28. The summed E-state index contributed by atoms with van der Waals surface area (Å²) >= 11 is 0. The molecule has 0 aliphatic carbocycles. The molecule has 0 aromatic rings. The van der Waals surface area contributed by atoms with Crippen LogP contribution in [0.3, 0.4) is 0 Å². The summed E-state index contributed by atoms with van der Waals surface area (Å²) < 4.78 is 0. The van der Waals surface area contributed by atoms with E-state index in [1.54, 1.807) is 6.92 Å². The van der Waals surface area contributed by atoms with Gasteiger partial charge in [-0.15, -0.1) is 0 Å². The second kappa shape index (κ2) is 5.09. The van der Waals surface area contributed by atoms with Crippen molar-refractivity contribution in [2.45, 2.75) is 26.0 Å². The van der Waals surface area contributed by atoms with Crippen LogP contribution in [0.1, 0.15) is 13.8 Å². The van der Waals surface area contributed by atoms with Crippen molar-refractivity contribution in [3.8, 4) is 0 Å². The lowest BCUT2D eigenvalue weighted by Crippen LogP contribution is -2.48. The van der Waals surface area contributed by atoms with Crippen molar-refractivity contribution in [2.24, 2.45) is 0 Å². The van der Waals surface area contributed by atoms with Gasteiger partial charge >= 0.3 is 5.97 Å². The normalized spacial score (nSPS) is 18.3. The summed E-state index contributed by atoms with van der Waals surface area (Å²) in [7, 11) is 0. The molecule has 0 spiro atoms. The average Bonchev–Trinajstić information content (AvgIpc) is 2.09. The predicted molar refractivity (Wildman–Crippen MR) is 56.8 cm³/mol. The van der Waals surface area contributed by atoms with Crippen LogP contribution in [0.5, 0.6) is 0 Å². The van der Waals surface area contributed by atoms with Gasteiger partial charge in [0.05, 0.1) is 6.10 Å². The molecule has 1 amide bonds. The molecule has 1 aliphatic heterocycles. The van der Waals surface area contributed by atoms with E-state index in [-0.39, 0.29) is 0 Å². The molecule has 1 heterocycles. The maximum absolute atomic E-state index is 11.6. The first-order valence-electron chi connectivity index (χ1n) is 5.04. The van der Waals surface area contributed by atoms with E-state index in [0.717, 1.165) is 5.57 Å². The summed E-state index contributed by atoms with van der Waals surface area (Å²) in [5.74, 6) is -1.68. The van der Waals surface area contributed by atoms with Gasteiger partial charge in [-0.3, -0.25) is 4.79 Å². The lowest BCUT2D eigenvalue weighted by Gasteiger charge is -2.23. The van der Waals surface area contributed by atoms with Crippen molar-refractivity contribution in [3.05, 3.63) is 11.1 Å². The van der Waals surface area contributed by atoms with Crippen molar-refractivity contribution in [2.75, 3.05) is 13.1 Å². The number of carboxylic acid groups (broad SMARTS) is 1. The Kier molecular flexibility index (Phi) is 4.03. The number of nitrogens with one attached hydrogen (secondary N) is 2. The SMILES string of the molecule is CC(C(=O)NC(C(=O)O)C(C)O)=C1CNC1. The van der Waals surface area contributed by atoms with Crippen LogP contribution in [-0.4, -0.2) is 47.3 Å². The first kappa shape index (κ1) is 12.7. The molecule has 6 nitrogen and oxygen atoms in total. The van der Waals surface area contributed by atoms with E-state index < -0.39 is 24.0 Å². The van der Waals surface area contributed by atoms with Crippen molar-refractivity contribution >= 4 is 11.9 Å². The number of carboxylic acids is 1. The third-order valence-electron chi connectivity index (χ3n) is 2.58. The van der Waals surface area contributed by atoms with Gasteiger partial charge in [0.1, 0.15) is 0 Å². The van der Waals surface area contributed by atoms with Gasteiger partial charge < -0.3 is 20.8 Å². The second-order valence-electron chi connectivity index (χ2n) is 3.86. The molecule has 6 heteroatoms. The molecule has 0 aromatic heterocycles. The van der Waals surface area contributed by atoms with Crippen LogP contribution in [0.4, 0.5) is 0 Å². The van der Waals surface area contributed by atoms with Crippen molar-refractivity contribution in [1.82, 2.24) is 10.6 Å². The Hall–Kier alpha value is -1.40. The highest BCUT2D eigenvalue weighted by Gasteiger charge is 2.26. The first-order chi connectivity index (χ1) is 7.43. The molecule has 0 radical (unpaired) electrons.